The van der Waals surface area contributed by atoms with E-state index >= 15 is 0 Å². The molecule has 1 unspecified atom stereocenters. The van der Waals surface area contributed by atoms with Gasteiger partial charge in [0.05, 0.1) is 6.10 Å². The largest absolute Gasteiger partial charge is 0.396 e. The van der Waals surface area contributed by atoms with E-state index in [4.69, 9.17) is 0 Å². The minimum Gasteiger partial charge on any atom is -0.396 e. The van der Waals surface area contributed by atoms with Crippen molar-refractivity contribution < 1.29 is 14.4 Å². The van der Waals surface area contributed by atoms with Crippen LogP contribution in [0.1, 0.15) is 119 Å². The maximum atomic E-state index is 12.9. The van der Waals surface area contributed by atoms with Gasteiger partial charge in [0, 0.05) is 28.9 Å². The molecule has 0 spiro atoms. The van der Waals surface area contributed by atoms with Crippen molar-refractivity contribution in [3.63, 3.8) is 0 Å². The first kappa shape index (κ1) is 29.3. The van der Waals surface area contributed by atoms with E-state index in [2.05, 4.69) is 48.1 Å². The Balaban J connectivity index is 1.46. The maximum absolute atomic E-state index is 12.9. The quantitative estimate of drug-likeness (QED) is 0.325. The normalized spacial score (nSPS) is 50.3. The molecular weight excluding hydrogens is 488 g/mol. The SMILES string of the molecule is C=C(CS(=O)CCCC)[C@@H]1CC[C@]2(CO)CC[C@]3(C)[C@H](CC[C@@H]4[C@@]5(C)CC[C@H](O)C(C)(C)[C@@H]5CC[C@]43C)[C@@H]12. The van der Waals surface area contributed by atoms with Gasteiger partial charge < -0.3 is 10.2 Å². The van der Waals surface area contributed by atoms with Gasteiger partial charge in [0.25, 0.3) is 0 Å². The molecule has 5 aliphatic carbocycles. The Labute approximate surface area is 236 Å². The average molecular weight is 547 g/mol. The van der Waals surface area contributed by atoms with Crippen LogP contribution >= 0.6 is 0 Å². The lowest BCUT2D eigenvalue weighted by atomic mass is 9.32. The van der Waals surface area contributed by atoms with Crippen LogP contribution in [0.15, 0.2) is 12.2 Å². The van der Waals surface area contributed by atoms with Crippen LogP contribution in [0.5, 0.6) is 0 Å². The Morgan fingerprint density at radius 1 is 0.895 bits per heavy atom. The lowest BCUT2D eigenvalue weighted by molar-refractivity contribution is -0.249. The van der Waals surface area contributed by atoms with Crippen molar-refractivity contribution in [3.05, 3.63) is 12.2 Å². The van der Waals surface area contributed by atoms with E-state index in [1.807, 2.05) is 0 Å². The van der Waals surface area contributed by atoms with Gasteiger partial charge in [-0.15, -0.1) is 0 Å². The first-order valence-corrected chi connectivity index (χ1v) is 17.6. The summed E-state index contributed by atoms with van der Waals surface area (Å²) in [5.74, 6) is 4.25. The Morgan fingerprint density at radius 2 is 1.63 bits per heavy atom. The fraction of sp³-hybridized carbons (Fsp3) is 0.941. The molecule has 0 aromatic rings. The number of rotatable bonds is 7. The van der Waals surface area contributed by atoms with Crippen molar-refractivity contribution in [1.29, 1.82) is 0 Å². The lowest BCUT2D eigenvalue weighted by Crippen LogP contribution is -2.66. The first-order valence-electron chi connectivity index (χ1n) is 16.1. The summed E-state index contributed by atoms with van der Waals surface area (Å²) >= 11 is 0. The second-order valence-corrected chi connectivity index (χ2v) is 17.6. The summed E-state index contributed by atoms with van der Waals surface area (Å²) in [6, 6.07) is 0. The van der Waals surface area contributed by atoms with Crippen molar-refractivity contribution in [2.24, 2.45) is 56.7 Å². The molecule has 0 aliphatic heterocycles. The summed E-state index contributed by atoms with van der Waals surface area (Å²) in [5, 5.41) is 21.9. The molecular formula is C34H58O3S. The molecule has 0 saturated heterocycles. The second kappa shape index (κ2) is 9.97. The minimum absolute atomic E-state index is 0.00754. The van der Waals surface area contributed by atoms with E-state index in [1.165, 1.54) is 37.7 Å². The zero-order valence-corrected chi connectivity index (χ0v) is 26.3. The lowest BCUT2D eigenvalue weighted by Gasteiger charge is -2.73. The van der Waals surface area contributed by atoms with Crippen LogP contribution in [-0.4, -0.2) is 38.6 Å². The highest BCUT2D eigenvalue weighted by Gasteiger charge is 2.70. The second-order valence-electron chi connectivity index (χ2n) is 16.0. The van der Waals surface area contributed by atoms with E-state index in [9.17, 15) is 14.4 Å². The van der Waals surface area contributed by atoms with Crippen LogP contribution in [0.3, 0.4) is 0 Å². The molecule has 4 heteroatoms. The highest BCUT2D eigenvalue weighted by molar-refractivity contribution is 7.85. The Kier molecular flexibility index (Phi) is 7.69. The molecule has 5 aliphatic rings. The molecule has 0 aromatic heterocycles. The molecule has 5 fully saturated rings. The maximum Gasteiger partial charge on any atom is 0.0594 e. The van der Waals surface area contributed by atoms with Crippen LogP contribution in [0, 0.1) is 56.7 Å². The number of hydrogen-bond donors (Lipinski definition) is 2. The summed E-state index contributed by atoms with van der Waals surface area (Å²) < 4.78 is 12.9. The number of unbranched alkanes of at least 4 members (excludes halogenated alkanes) is 1. The van der Waals surface area contributed by atoms with Gasteiger partial charge in [0.15, 0.2) is 0 Å². The number of fused-ring (bicyclic) bond motifs is 7. The fourth-order valence-corrected chi connectivity index (χ4v) is 13.5. The van der Waals surface area contributed by atoms with Gasteiger partial charge in [0.1, 0.15) is 0 Å². The standard InChI is InChI=1S/C34H58O3S/c1-8-9-20-38(37)21-23(2)24-12-17-34(22-35)19-18-32(6)25(29(24)34)10-11-27-31(5)15-14-28(36)30(3,4)26(31)13-16-33(27,32)7/h24-29,35-36H,2,8-22H2,1,3-7H3/t24-,25+,26-,27+,28-,29+,31-,32+,33+,34+,38?/m0/s1. The predicted molar refractivity (Wildman–Crippen MR) is 159 cm³/mol. The van der Waals surface area contributed by atoms with Crippen molar-refractivity contribution in [2.75, 3.05) is 18.1 Å². The van der Waals surface area contributed by atoms with Crippen LogP contribution < -0.4 is 0 Å². The zero-order chi connectivity index (χ0) is 27.7. The third-order valence-electron chi connectivity index (χ3n) is 14.5. The monoisotopic (exact) mass is 546 g/mol. The molecule has 218 valence electrons. The summed E-state index contributed by atoms with van der Waals surface area (Å²) in [6.45, 7) is 19.7. The molecule has 0 heterocycles. The molecule has 0 bridgehead atoms. The fourth-order valence-electron chi connectivity index (χ4n) is 12.1. The third kappa shape index (κ3) is 4.03. The van der Waals surface area contributed by atoms with E-state index in [-0.39, 0.29) is 22.3 Å². The highest BCUT2D eigenvalue weighted by Crippen LogP contribution is 2.77. The van der Waals surface area contributed by atoms with Gasteiger partial charge in [0.2, 0.25) is 0 Å². The highest BCUT2D eigenvalue weighted by atomic mass is 32.2. The van der Waals surface area contributed by atoms with Crippen molar-refractivity contribution in [1.82, 2.24) is 0 Å². The van der Waals surface area contributed by atoms with Crippen LogP contribution in [0.2, 0.25) is 0 Å². The van der Waals surface area contributed by atoms with Gasteiger partial charge in [-0.2, -0.15) is 0 Å². The van der Waals surface area contributed by atoms with Gasteiger partial charge in [-0.1, -0.05) is 60.1 Å². The molecule has 38 heavy (non-hydrogen) atoms. The van der Waals surface area contributed by atoms with E-state index in [1.54, 1.807) is 0 Å². The molecule has 3 nitrogen and oxygen atoms in total. The van der Waals surface area contributed by atoms with Crippen molar-refractivity contribution in [3.8, 4) is 0 Å². The van der Waals surface area contributed by atoms with E-state index in [0.717, 1.165) is 50.7 Å². The molecule has 5 rings (SSSR count). The summed E-state index contributed by atoms with van der Waals surface area (Å²) in [4.78, 5) is 0. The Morgan fingerprint density at radius 3 is 2.32 bits per heavy atom. The summed E-state index contributed by atoms with van der Waals surface area (Å²) in [7, 11) is -0.812. The first-order chi connectivity index (χ1) is 17.8. The van der Waals surface area contributed by atoms with Gasteiger partial charge in [-0.3, -0.25) is 4.21 Å². The molecule has 11 atom stereocenters. The summed E-state index contributed by atoms with van der Waals surface area (Å²) in [6.07, 6.45) is 13.7. The molecule has 0 amide bonds. The van der Waals surface area contributed by atoms with Crippen molar-refractivity contribution in [2.45, 2.75) is 125 Å². The smallest absolute Gasteiger partial charge is 0.0594 e. The van der Waals surface area contributed by atoms with E-state index in [0.29, 0.717) is 52.8 Å². The number of aliphatic hydroxyl groups excluding tert-OH is 2. The van der Waals surface area contributed by atoms with Crippen molar-refractivity contribution >= 4 is 10.8 Å². The Bertz CT molecular complexity index is 944. The molecule has 0 aromatic carbocycles. The third-order valence-corrected chi connectivity index (χ3v) is 15.9. The van der Waals surface area contributed by atoms with E-state index < -0.39 is 10.8 Å². The minimum atomic E-state index is -0.812. The van der Waals surface area contributed by atoms with Crippen LogP contribution in [0.25, 0.3) is 0 Å². The molecule has 2 N–H and O–H groups in total. The molecule has 0 radical (unpaired) electrons. The summed E-state index contributed by atoms with van der Waals surface area (Å²) in [5.41, 5.74) is 2.09. The van der Waals surface area contributed by atoms with Crippen LogP contribution in [-0.2, 0) is 10.8 Å². The predicted octanol–water partition coefficient (Wildman–Crippen LogP) is 7.53. The zero-order valence-electron chi connectivity index (χ0n) is 25.5. The van der Waals surface area contributed by atoms with Gasteiger partial charge in [-0.25, -0.2) is 0 Å². The number of hydrogen-bond acceptors (Lipinski definition) is 3. The Hall–Kier alpha value is -0.190. The number of aliphatic hydroxyl groups is 2. The topological polar surface area (TPSA) is 57.5 Å². The van der Waals surface area contributed by atoms with Crippen LogP contribution in [0.4, 0.5) is 0 Å². The average Bonchev–Trinajstić information content (AvgIpc) is 3.26. The van der Waals surface area contributed by atoms with Gasteiger partial charge in [-0.05, 0) is 127 Å². The van der Waals surface area contributed by atoms with Gasteiger partial charge >= 0.3 is 0 Å². The molecule has 5 saturated carbocycles.